The average molecular weight is 412 g/mol. The van der Waals surface area contributed by atoms with Crippen LogP contribution in [-0.2, 0) is 11.3 Å². The molecule has 0 spiro atoms. The van der Waals surface area contributed by atoms with Crippen molar-refractivity contribution in [3.63, 3.8) is 0 Å². The molecule has 130 valence electrons. The third-order valence-corrected chi connectivity index (χ3v) is 6.52. The van der Waals surface area contributed by atoms with Gasteiger partial charge in [-0.2, -0.15) is 11.8 Å². The Labute approximate surface area is 154 Å². The van der Waals surface area contributed by atoms with Crippen molar-refractivity contribution in [2.45, 2.75) is 49.6 Å². The van der Waals surface area contributed by atoms with E-state index in [-0.39, 0.29) is 24.0 Å². The highest BCUT2D eigenvalue weighted by Gasteiger charge is 2.42. The van der Waals surface area contributed by atoms with E-state index in [1.54, 1.807) is 0 Å². The summed E-state index contributed by atoms with van der Waals surface area (Å²) in [5.41, 5.74) is 1.10. The minimum absolute atomic E-state index is 0.0392. The fourth-order valence-electron chi connectivity index (χ4n) is 3.17. The predicted molar refractivity (Wildman–Crippen MR) is 99.9 cm³/mol. The Hall–Kier alpha value is -1.21. The summed E-state index contributed by atoms with van der Waals surface area (Å²) >= 11 is 5.32. The maximum Gasteiger partial charge on any atom is 0.315 e. The van der Waals surface area contributed by atoms with Crippen LogP contribution < -0.4 is 16.0 Å². The molecule has 0 aliphatic carbocycles. The summed E-state index contributed by atoms with van der Waals surface area (Å²) < 4.78 is 1.04. The summed E-state index contributed by atoms with van der Waals surface area (Å²) in [5.74, 6) is 1.09. The number of halogens is 1. The van der Waals surface area contributed by atoms with Crippen LogP contribution in [0.25, 0.3) is 0 Å². The van der Waals surface area contributed by atoms with E-state index in [0.29, 0.717) is 18.2 Å². The third-order valence-electron chi connectivity index (χ3n) is 4.48. The maximum atomic E-state index is 11.9. The van der Waals surface area contributed by atoms with Crippen molar-refractivity contribution < 1.29 is 9.59 Å². The quantitative estimate of drug-likeness (QED) is 0.477. The minimum Gasteiger partial charge on any atom is -0.352 e. The van der Waals surface area contributed by atoms with Gasteiger partial charge in [0.15, 0.2) is 0 Å². The summed E-state index contributed by atoms with van der Waals surface area (Å²) in [4.78, 5) is 23.3. The second-order valence-electron chi connectivity index (χ2n) is 6.27. The Morgan fingerprint density at radius 1 is 1.25 bits per heavy atom. The number of urea groups is 1. The topological polar surface area (TPSA) is 70.2 Å². The lowest BCUT2D eigenvalue weighted by Crippen LogP contribution is -2.36. The van der Waals surface area contributed by atoms with Gasteiger partial charge in [-0.15, -0.1) is 0 Å². The summed E-state index contributed by atoms with van der Waals surface area (Å²) in [5, 5.41) is 9.39. The van der Waals surface area contributed by atoms with Crippen LogP contribution in [0.5, 0.6) is 0 Å². The largest absolute Gasteiger partial charge is 0.352 e. The first kappa shape index (κ1) is 17.6. The van der Waals surface area contributed by atoms with Gasteiger partial charge in [0.25, 0.3) is 0 Å². The van der Waals surface area contributed by atoms with Crippen LogP contribution in [0.3, 0.4) is 0 Å². The molecule has 24 heavy (non-hydrogen) atoms. The van der Waals surface area contributed by atoms with Crippen LogP contribution in [0.4, 0.5) is 4.79 Å². The molecule has 5 nitrogen and oxygen atoms in total. The van der Waals surface area contributed by atoms with E-state index in [0.717, 1.165) is 35.1 Å². The van der Waals surface area contributed by atoms with E-state index in [2.05, 4.69) is 31.9 Å². The second-order valence-corrected chi connectivity index (χ2v) is 8.46. The highest BCUT2D eigenvalue weighted by molar-refractivity contribution is 9.10. The van der Waals surface area contributed by atoms with Crippen LogP contribution in [0, 0.1) is 0 Å². The number of amides is 3. The number of carbonyl (C=O) groups is 2. The molecular weight excluding hydrogens is 390 g/mol. The summed E-state index contributed by atoms with van der Waals surface area (Å²) in [6, 6.07) is 8.46. The van der Waals surface area contributed by atoms with Crippen molar-refractivity contribution in [3.8, 4) is 0 Å². The molecule has 3 rings (SSSR count). The SMILES string of the molecule is O=C(CCCC[C@@H]1SC[C@@H]2NC(=O)N[C@@H]21)NCc1ccc(Br)cc1. The van der Waals surface area contributed by atoms with Gasteiger partial charge in [-0.25, -0.2) is 4.79 Å². The van der Waals surface area contributed by atoms with Gasteiger partial charge in [0.2, 0.25) is 5.91 Å². The van der Waals surface area contributed by atoms with Crippen LogP contribution in [0.15, 0.2) is 28.7 Å². The standard InChI is InChI=1S/C17H22BrN3O2S/c18-12-7-5-11(6-8-12)9-19-15(22)4-2-1-3-14-16-13(10-24-14)20-17(23)21-16/h5-8,13-14,16H,1-4,9-10H2,(H,19,22)(H2,20,21,23)/t13-,14-,16-/m0/s1. The normalized spacial score (nSPS) is 25.0. The van der Waals surface area contributed by atoms with Crippen LogP contribution >= 0.6 is 27.7 Å². The summed E-state index contributed by atoms with van der Waals surface area (Å²) in [6.07, 6.45) is 3.52. The van der Waals surface area contributed by atoms with Crippen molar-refractivity contribution in [3.05, 3.63) is 34.3 Å². The zero-order valence-corrected chi connectivity index (χ0v) is 15.8. The van der Waals surface area contributed by atoms with E-state index in [1.165, 1.54) is 0 Å². The van der Waals surface area contributed by atoms with Gasteiger partial charge < -0.3 is 16.0 Å². The molecule has 3 atom stereocenters. The fourth-order valence-corrected chi connectivity index (χ4v) is 4.97. The van der Waals surface area contributed by atoms with Gasteiger partial charge in [0.05, 0.1) is 12.1 Å². The van der Waals surface area contributed by atoms with Crippen molar-refractivity contribution in [1.29, 1.82) is 0 Å². The monoisotopic (exact) mass is 411 g/mol. The lowest BCUT2D eigenvalue weighted by molar-refractivity contribution is -0.121. The van der Waals surface area contributed by atoms with E-state index in [1.807, 2.05) is 36.0 Å². The van der Waals surface area contributed by atoms with Crippen LogP contribution in [-0.4, -0.2) is 35.0 Å². The molecule has 0 radical (unpaired) electrons. The summed E-state index contributed by atoms with van der Waals surface area (Å²) in [6.45, 7) is 0.575. The minimum atomic E-state index is -0.0392. The molecule has 2 saturated heterocycles. The smallest absolute Gasteiger partial charge is 0.315 e. The number of carbonyl (C=O) groups excluding carboxylic acids is 2. The van der Waals surface area contributed by atoms with Crippen molar-refractivity contribution >= 4 is 39.6 Å². The lowest BCUT2D eigenvalue weighted by atomic mass is 10.0. The molecule has 1 aromatic rings. The molecule has 2 fully saturated rings. The van der Waals surface area contributed by atoms with Gasteiger partial charge >= 0.3 is 6.03 Å². The molecule has 2 heterocycles. The van der Waals surface area contributed by atoms with E-state index in [9.17, 15) is 9.59 Å². The van der Waals surface area contributed by atoms with Gasteiger partial charge in [-0.05, 0) is 30.5 Å². The number of unbranched alkanes of at least 4 members (excludes halogenated alkanes) is 1. The van der Waals surface area contributed by atoms with E-state index >= 15 is 0 Å². The predicted octanol–water partition coefficient (Wildman–Crippen LogP) is 2.79. The van der Waals surface area contributed by atoms with Gasteiger partial charge in [-0.1, -0.05) is 34.5 Å². The zero-order chi connectivity index (χ0) is 16.9. The molecule has 2 aliphatic heterocycles. The molecule has 1 aromatic carbocycles. The Morgan fingerprint density at radius 3 is 2.83 bits per heavy atom. The number of thioether (sulfide) groups is 1. The van der Waals surface area contributed by atoms with Gasteiger partial charge in [0.1, 0.15) is 0 Å². The van der Waals surface area contributed by atoms with E-state index < -0.39 is 0 Å². The highest BCUT2D eigenvalue weighted by atomic mass is 79.9. The zero-order valence-electron chi connectivity index (χ0n) is 13.4. The number of benzene rings is 1. The number of fused-ring (bicyclic) bond motifs is 1. The van der Waals surface area contributed by atoms with Crippen molar-refractivity contribution in [1.82, 2.24) is 16.0 Å². The van der Waals surface area contributed by atoms with Gasteiger partial charge in [0, 0.05) is 28.4 Å². The number of rotatable bonds is 7. The Kier molecular flexibility index (Phi) is 6.05. The molecule has 2 aliphatic rings. The summed E-state index contributed by atoms with van der Waals surface area (Å²) in [7, 11) is 0. The molecule has 3 amide bonds. The fraction of sp³-hybridized carbons (Fsp3) is 0.529. The molecule has 0 aromatic heterocycles. The average Bonchev–Trinajstić information content (AvgIpc) is 3.10. The lowest BCUT2D eigenvalue weighted by Gasteiger charge is -2.16. The van der Waals surface area contributed by atoms with Crippen molar-refractivity contribution in [2.75, 3.05) is 5.75 Å². The first-order chi connectivity index (χ1) is 11.6. The maximum absolute atomic E-state index is 11.9. The molecule has 3 N–H and O–H groups in total. The Morgan fingerprint density at radius 2 is 2.04 bits per heavy atom. The number of hydrogen-bond acceptors (Lipinski definition) is 3. The van der Waals surface area contributed by atoms with Crippen molar-refractivity contribution in [2.24, 2.45) is 0 Å². The first-order valence-corrected chi connectivity index (χ1v) is 10.2. The number of hydrogen-bond donors (Lipinski definition) is 3. The molecule has 7 heteroatoms. The molecule has 0 unspecified atom stereocenters. The Balaban J connectivity index is 1.30. The molecular formula is C17H22BrN3O2S. The second kappa shape index (κ2) is 8.25. The first-order valence-electron chi connectivity index (χ1n) is 8.31. The third kappa shape index (κ3) is 4.66. The molecule has 0 saturated carbocycles. The van der Waals surface area contributed by atoms with E-state index in [4.69, 9.17) is 0 Å². The number of nitrogens with one attached hydrogen (secondary N) is 3. The Bertz CT molecular complexity index is 596. The van der Waals surface area contributed by atoms with Gasteiger partial charge in [-0.3, -0.25) is 4.79 Å². The molecule has 0 bridgehead atoms. The van der Waals surface area contributed by atoms with Crippen LogP contribution in [0.2, 0.25) is 0 Å². The highest BCUT2D eigenvalue weighted by Crippen LogP contribution is 2.33. The van der Waals surface area contributed by atoms with Crippen LogP contribution in [0.1, 0.15) is 31.2 Å².